The van der Waals surface area contributed by atoms with Crippen LogP contribution in [-0.2, 0) is 11.2 Å². The Balaban J connectivity index is 1.68. The molecule has 1 unspecified atom stereocenters. The number of hydrogen-bond donors (Lipinski definition) is 2. The molecule has 0 saturated heterocycles. The minimum Gasteiger partial charge on any atom is -0.394 e. The van der Waals surface area contributed by atoms with E-state index in [-0.39, 0.29) is 12.5 Å². The third-order valence-corrected chi connectivity index (χ3v) is 4.33. The van der Waals surface area contributed by atoms with Crippen molar-refractivity contribution in [2.24, 2.45) is 0 Å². The maximum Gasteiger partial charge on any atom is 0.220 e. The molecule has 2 heterocycles. The Bertz CT molecular complexity index is 876. The lowest BCUT2D eigenvalue weighted by Gasteiger charge is -2.17. The van der Waals surface area contributed by atoms with Crippen LogP contribution < -0.4 is 5.32 Å². The molecule has 0 aliphatic heterocycles. The fraction of sp³-hybridized carbons (Fsp3) is 0.333. The van der Waals surface area contributed by atoms with Gasteiger partial charge in [-0.2, -0.15) is 5.10 Å². The van der Waals surface area contributed by atoms with Gasteiger partial charge in [-0.3, -0.25) is 4.79 Å². The zero-order chi connectivity index (χ0) is 17.8. The third kappa shape index (κ3) is 3.66. The Labute approximate surface area is 145 Å². The quantitative estimate of drug-likeness (QED) is 0.710. The molecule has 3 rings (SSSR count). The smallest absolute Gasteiger partial charge is 0.220 e. The summed E-state index contributed by atoms with van der Waals surface area (Å²) in [7, 11) is 0. The number of aromatic nitrogens is 4. The van der Waals surface area contributed by atoms with Gasteiger partial charge >= 0.3 is 0 Å². The molecular formula is C18H21N5O2. The second kappa shape index (κ2) is 7.40. The monoisotopic (exact) mass is 339 g/mol. The predicted molar refractivity (Wildman–Crippen MR) is 93.0 cm³/mol. The van der Waals surface area contributed by atoms with Gasteiger partial charge in [-0.25, -0.2) is 4.52 Å². The molecule has 7 nitrogen and oxygen atoms in total. The van der Waals surface area contributed by atoms with Crippen LogP contribution in [0.1, 0.15) is 34.8 Å². The minimum atomic E-state index is -0.395. The molecule has 0 fully saturated rings. The highest BCUT2D eigenvalue weighted by Gasteiger charge is 2.16. The second-order valence-corrected chi connectivity index (χ2v) is 6.00. The molecule has 3 aromatic rings. The Kier molecular flexibility index (Phi) is 5.04. The Morgan fingerprint density at radius 1 is 1.28 bits per heavy atom. The zero-order valence-corrected chi connectivity index (χ0v) is 14.3. The lowest BCUT2D eigenvalue weighted by molar-refractivity contribution is -0.122. The third-order valence-electron chi connectivity index (χ3n) is 4.33. The molecule has 0 aliphatic carbocycles. The van der Waals surface area contributed by atoms with E-state index in [0.29, 0.717) is 18.5 Å². The summed E-state index contributed by atoms with van der Waals surface area (Å²) in [5.41, 5.74) is 4.45. The Hall–Kier alpha value is -2.80. The van der Waals surface area contributed by atoms with Gasteiger partial charge in [-0.1, -0.05) is 30.3 Å². The van der Waals surface area contributed by atoms with Crippen LogP contribution in [0.3, 0.4) is 0 Å². The molecule has 7 heteroatoms. The van der Waals surface area contributed by atoms with Gasteiger partial charge in [0.2, 0.25) is 5.91 Å². The maximum atomic E-state index is 12.3. The van der Waals surface area contributed by atoms with E-state index in [2.05, 4.69) is 20.6 Å². The number of aliphatic hydroxyl groups is 1. The van der Waals surface area contributed by atoms with Gasteiger partial charge in [0.15, 0.2) is 5.65 Å². The van der Waals surface area contributed by atoms with Gasteiger partial charge in [0.25, 0.3) is 0 Å². The summed E-state index contributed by atoms with van der Waals surface area (Å²) >= 11 is 0. The van der Waals surface area contributed by atoms with E-state index in [1.807, 2.05) is 44.2 Å². The lowest BCUT2D eigenvalue weighted by Crippen LogP contribution is -2.31. The number of rotatable bonds is 6. The Morgan fingerprint density at radius 3 is 2.76 bits per heavy atom. The fourth-order valence-corrected chi connectivity index (χ4v) is 2.97. The molecule has 2 aromatic heterocycles. The molecular weight excluding hydrogens is 318 g/mol. The van der Waals surface area contributed by atoms with Gasteiger partial charge < -0.3 is 10.4 Å². The molecule has 0 radical (unpaired) electrons. The summed E-state index contributed by atoms with van der Waals surface area (Å²) < 4.78 is 1.64. The highest BCUT2D eigenvalue weighted by atomic mass is 16.3. The van der Waals surface area contributed by atoms with Crippen LogP contribution in [0.5, 0.6) is 0 Å². The molecule has 1 amide bonds. The van der Waals surface area contributed by atoms with E-state index >= 15 is 0 Å². The van der Waals surface area contributed by atoms with Crippen molar-refractivity contribution in [1.29, 1.82) is 0 Å². The van der Waals surface area contributed by atoms with Crippen LogP contribution in [0.15, 0.2) is 36.7 Å². The average Bonchev–Trinajstić information content (AvgIpc) is 3.08. The normalized spacial score (nSPS) is 12.3. The van der Waals surface area contributed by atoms with Crippen molar-refractivity contribution in [3.63, 3.8) is 0 Å². The van der Waals surface area contributed by atoms with Gasteiger partial charge in [0.05, 0.1) is 18.3 Å². The van der Waals surface area contributed by atoms with Crippen molar-refractivity contribution in [2.75, 3.05) is 6.61 Å². The predicted octanol–water partition coefficient (Wildman–Crippen LogP) is 1.52. The van der Waals surface area contributed by atoms with Gasteiger partial charge in [-0.15, -0.1) is 10.2 Å². The van der Waals surface area contributed by atoms with E-state index in [4.69, 9.17) is 0 Å². The maximum absolute atomic E-state index is 12.3. The number of nitrogens with zero attached hydrogens (tertiary/aromatic N) is 4. The molecule has 1 atom stereocenters. The standard InChI is InChI=1S/C18H21N5O2/c1-12-15(13(2)22-23-11-19-21-18(12)23)8-9-17(25)20-16(10-24)14-6-4-3-5-7-14/h3-7,11,16,24H,8-10H2,1-2H3,(H,20,25). The van der Waals surface area contributed by atoms with Crippen molar-refractivity contribution < 1.29 is 9.90 Å². The van der Waals surface area contributed by atoms with Crippen LogP contribution in [0, 0.1) is 13.8 Å². The summed E-state index contributed by atoms with van der Waals surface area (Å²) in [6, 6.07) is 9.05. The average molecular weight is 339 g/mol. The van der Waals surface area contributed by atoms with Crippen LogP contribution in [0.25, 0.3) is 5.65 Å². The number of carbonyl (C=O) groups is 1. The SMILES string of the molecule is Cc1nn2cnnc2c(C)c1CCC(=O)NC(CO)c1ccccc1. The number of fused-ring (bicyclic) bond motifs is 1. The van der Waals surface area contributed by atoms with Crippen molar-refractivity contribution >= 4 is 11.6 Å². The van der Waals surface area contributed by atoms with Crippen molar-refractivity contribution in [3.05, 3.63) is 59.0 Å². The molecule has 0 spiro atoms. The molecule has 0 saturated carbocycles. The highest BCUT2D eigenvalue weighted by molar-refractivity contribution is 5.77. The first-order valence-electron chi connectivity index (χ1n) is 8.21. The van der Waals surface area contributed by atoms with E-state index in [0.717, 1.165) is 22.4 Å². The fourth-order valence-electron chi connectivity index (χ4n) is 2.97. The van der Waals surface area contributed by atoms with Gasteiger partial charge in [0.1, 0.15) is 6.33 Å². The Morgan fingerprint density at radius 2 is 2.04 bits per heavy atom. The lowest BCUT2D eigenvalue weighted by atomic mass is 10.0. The summed E-state index contributed by atoms with van der Waals surface area (Å²) in [5.74, 6) is -0.108. The van der Waals surface area contributed by atoms with E-state index in [9.17, 15) is 9.90 Å². The summed E-state index contributed by atoms with van der Waals surface area (Å²) in [5, 5.41) is 24.8. The van der Waals surface area contributed by atoms with Crippen molar-refractivity contribution in [2.45, 2.75) is 32.7 Å². The largest absolute Gasteiger partial charge is 0.394 e. The van der Waals surface area contributed by atoms with Crippen molar-refractivity contribution in [1.82, 2.24) is 25.1 Å². The number of aliphatic hydroxyl groups excluding tert-OH is 1. The first kappa shape index (κ1) is 17.0. The summed E-state index contributed by atoms with van der Waals surface area (Å²) in [6.45, 7) is 3.74. The summed E-state index contributed by atoms with van der Waals surface area (Å²) in [6.07, 6.45) is 2.45. The van der Waals surface area contributed by atoms with Crippen molar-refractivity contribution in [3.8, 4) is 0 Å². The molecule has 25 heavy (non-hydrogen) atoms. The number of hydrogen-bond acceptors (Lipinski definition) is 5. The number of aryl methyl sites for hydroxylation is 2. The first-order chi connectivity index (χ1) is 12.1. The molecule has 1 aromatic carbocycles. The molecule has 2 N–H and O–H groups in total. The minimum absolute atomic E-state index is 0.108. The van der Waals surface area contributed by atoms with Crippen LogP contribution in [-0.4, -0.2) is 37.4 Å². The van der Waals surface area contributed by atoms with E-state index in [1.54, 1.807) is 10.8 Å². The van der Waals surface area contributed by atoms with Gasteiger partial charge in [0, 0.05) is 12.0 Å². The van der Waals surface area contributed by atoms with Gasteiger partial charge in [-0.05, 0) is 31.4 Å². The topological polar surface area (TPSA) is 92.4 Å². The molecule has 0 bridgehead atoms. The summed E-state index contributed by atoms with van der Waals surface area (Å²) in [4.78, 5) is 12.3. The highest BCUT2D eigenvalue weighted by Crippen LogP contribution is 2.18. The van der Waals surface area contributed by atoms with E-state index in [1.165, 1.54) is 0 Å². The second-order valence-electron chi connectivity index (χ2n) is 6.00. The van der Waals surface area contributed by atoms with Crippen LogP contribution >= 0.6 is 0 Å². The number of nitrogens with one attached hydrogen (secondary N) is 1. The number of benzene rings is 1. The number of carbonyl (C=O) groups excluding carboxylic acids is 1. The van der Waals surface area contributed by atoms with Crippen LogP contribution in [0.2, 0.25) is 0 Å². The van der Waals surface area contributed by atoms with Crippen LogP contribution in [0.4, 0.5) is 0 Å². The van der Waals surface area contributed by atoms with E-state index < -0.39 is 6.04 Å². The molecule has 0 aliphatic rings. The molecule has 130 valence electrons. The number of amides is 1. The zero-order valence-electron chi connectivity index (χ0n) is 14.3. The first-order valence-corrected chi connectivity index (χ1v) is 8.21.